The summed E-state index contributed by atoms with van der Waals surface area (Å²) in [6.45, 7) is 1.35. The Labute approximate surface area is 77.6 Å². The van der Waals surface area contributed by atoms with Gasteiger partial charge in [0.1, 0.15) is 0 Å². The quantitative estimate of drug-likeness (QED) is 0.355. The smallest absolute Gasteiger partial charge is 0.230 e. The Hall–Kier alpha value is -1.13. The zero-order valence-electron chi connectivity index (χ0n) is 6.73. The molecule has 0 bridgehead atoms. The Morgan fingerprint density at radius 1 is 1.33 bits per heavy atom. The molecule has 0 atom stereocenters. The molecule has 0 aliphatic rings. The molecule has 0 saturated heterocycles. The second kappa shape index (κ2) is 9.87. The molecule has 0 radical (unpaired) electrons. The van der Waals surface area contributed by atoms with E-state index < -0.39 is 0 Å². The molecule has 0 aliphatic carbocycles. The summed E-state index contributed by atoms with van der Waals surface area (Å²) in [5.41, 5.74) is 1.89. The number of hydrazine groups is 1. The molecule has 0 saturated carbocycles. The first-order valence-electron chi connectivity index (χ1n) is 3.09. The molecule has 1 amide bonds. The highest BCUT2D eigenvalue weighted by atomic mass is 35.5. The monoisotopic (exact) mass is 189 g/mol. The second-order valence-electron chi connectivity index (χ2n) is 1.73. The number of rotatable bonds is 0. The SMILES string of the molecule is CC(=O)NN.Cl.c1ccncc1. The lowest BCUT2D eigenvalue weighted by atomic mass is 10.5. The minimum Gasteiger partial charge on any atom is -0.295 e. The fourth-order valence-electron chi connectivity index (χ4n) is 0.313. The van der Waals surface area contributed by atoms with Gasteiger partial charge in [-0.25, -0.2) is 5.84 Å². The first kappa shape index (κ1) is 13.5. The van der Waals surface area contributed by atoms with Crippen LogP contribution >= 0.6 is 12.4 Å². The maximum atomic E-state index is 9.58. The number of nitrogens with two attached hydrogens (primary N) is 1. The average molecular weight is 190 g/mol. The van der Waals surface area contributed by atoms with E-state index in [4.69, 9.17) is 0 Å². The molecule has 0 spiro atoms. The lowest BCUT2D eigenvalue weighted by Gasteiger charge is -1.80. The van der Waals surface area contributed by atoms with E-state index in [0.29, 0.717) is 0 Å². The van der Waals surface area contributed by atoms with E-state index in [0.717, 1.165) is 0 Å². The van der Waals surface area contributed by atoms with Crippen molar-refractivity contribution in [1.82, 2.24) is 10.4 Å². The van der Waals surface area contributed by atoms with Crippen LogP contribution in [0.1, 0.15) is 6.92 Å². The second-order valence-corrected chi connectivity index (χ2v) is 1.73. The average Bonchev–Trinajstić information content (AvgIpc) is 2.09. The number of halogens is 1. The molecule has 5 heteroatoms. The Bertz CT molecular complexity index is 166. The number of carbonyl (C=O) groups excluding carboxylic acids is 1. The zero-order valence-corrected chi connectivity index (χ0v) is 7.54. The van der Waals surface area contributed by atoms with E-state index in [2.05, 4.69) is 10.8 Å². The number of nitrogens with one attached hydrogen (secondary N) is 1. The van der Waals surface area contributed by atoms with Crippen LogP contribution in [0, 0.1) is 0 Å². The van der Waals surface area contributed by atoms with Crippen LogP contribution in [0.3, 0.4) is 0 Å². The summed E-state index contributed by atoms with van der Waals surface area (Å²) >= 11 is 0. The van der Waals surface area contributed by atoms with Crippen LogP contribution < -0.4 is 11.3 Å². The summed E-state index contributed by atoms with van der Waals surface area (Å²) in [5, 5.41) is 0. The zero-order chi connectivity index (χ0) is 8.53. The van der Waals surface area contributed by atoms with Gasteiger partial charge < -0.3 is 0 Å². The van der Waals surface area contributed by atoms with Crippen LogP contribution in [0.5, 0.6) is 0 Å². The van der Waals surface area contributed by atoms with Crippen LogP contribution in [0.25, 0.3) is 0 Å². The van der Waals surface area contributed by atoms with Crippen LogP contribution in [0.15, 0.2) is 30.6 Å². The van der Waals surface area contributed by atoms with Crippen molar-refractivity contribution in [3.63, 3.8) is 0 Å². The lowest BCUT2D eigenvalue weighted by Crippen LogP contribution is -2.26. The van der Waals surface area contributed by atoms with E-state index in [9.17, 15) is 4.79 Å². The van der Waals surface area contributed by atoms with Gasteiger partial charge in [-0.3, -0.25) is 15.2 Å². The van der Waals surface area contributed by atoms with Gasteiger partial charge >= 0.3 is 0 Å². The van der Waals surface area contributed by atoms with Crippen molar-refractivity contribution in [3.05, 3.63) is 30.6 Å². The highest BCUT2D eigenvalue weighted by Gasteiger charge is 1.73. The molecule has 1 heterocycles. The van der Waals surface area contributed by atoms with Gasteiger partial charge in [-0.15, -0.1) is 12.4 Å². The van der Waals surface area contributed by atoms with Crippen molar-refractivity contribution < 1.29 is 4.79 Å². The van der Waals surface area contributed by atoms with Gasteiger partial charge in [0.05, 0.1) is 0 Å². The van der Waals surface area contributed by atoms with Gasteiger partial charge in [-0.1, -0.05) is 6.07 Å². The van der Waals surface area contributed by atoms with Crippen molar-refractivity contribution >= 4 is 18.3 Å². The predicted molar refractivity (Wildman–Crippen MR) is 49.5 cm³/mol. The number of aromatic nitrogens is 1. The molecular weight excluding hydrogens is 178 g/mol. The van der Waals surface area contributed by atoms with Crippen molar-refractivity contribution in [2.75, 3.05) is 0 Å². The van der Waals surface area contributed by atoms with Gasteiger partial charge in [0, 0.05) is 19.3 Å². The van der Waals surface area contributed by atoms with Crippen molar-refractivity contribution in [2.45, 2.75) is 6.92 Å². The van der Waals surface area contributed by atoms with E-state index in [-0.39, 0.29) is 18.3 Å². The van der Waals surface area contributed by atoms with Crippen LogP contribution in [0.2, 0.25) is 0 Å². The fourth-order valence-corrected chi connectivity index (χ4v) is 0.313. The summed E-state index contributed by atoms with van der Waals surface area (Å²) in [7, 11) is 0. The van der Waals surface area contributed by atoms with Gasteiger partial charge in [-0.05, 0) is 12.1 Å². The van der Waals surface area contributed by atoms with Gasteiger partial charge in [0.2, 0.25) is 5.91 Å². The van der Waals surface area contributed by atoms with E-state index in [1.807, 2.05) is 23.6 Å². The molecule has 3 N–H and O–H groups in total. The van der Waals surface area contributed by atoms with Gasteiger partial charge in [0.25, 0.3) is 0 Å². The summed E-state index contributed by atoms with van der Waals surface area (Å²) in [6.07, 6.45) is 3.50. The van der Waals surface area contributed by atoms with Crippen LogP contribution in [-0.2, 0) is 4.79 Å². The molecule has 1 rings (SSSR count). The lowest BCUT2D eigenvalue weighted by molar-refractivity contribution is -0.119. The Kier molecular flexibility index (Phi) is 11.1. The van der Waals surface area contributed by atoms with Crippen LogP contribution in [-0.4, -0.2) is 10.9 Å². The normalized spacial score (nSPS) is 6.83. The van der Waals surface area contributed by atoms with E-state index in [1.165, 1.54) is 6.92 Å². The topological polar surface area (TPSA) is 68.0 Å². The molecule has 4 nitrogen and oxygen atoms in total. The largest absolute Gasteiger partial charge is 0.295 e. The molecule has 1 aromatic rings. The maximum absolute atomic E-state index is 9.58. The van der Waals surface area contributed by atoms with Gasteiger partial charge in [0.15, 0.2) is 0 Å². The molecule has 1 aromatic heterocycles. The third-order valence-corrected chi connectivity index (χ3v) is 0.770. The third kappa shape index (κ3) is 11.6. The molecule has 0 aromatic carbocycles. The molecule has 68 valence electrons. The molecule has 0 fully saturated rings. The first-order chi connectivity index (χ1) is 5.27. The third-order valence-electron chi connectivity index (χ3n) is 0.770. The summed E-state index contributed by atoms with van der Waals surface area (Å²) in [6, 6.07) is 5.72. The Morgan fingerprint density at radius 2 is 1.75 bits per heavy atom. The molecule has 0 unspecified atom stereocenters. The highest BCUT2D eigenvalue weighted by Crippen LogP contribution is 1.73. The number of pyridine rings is 1. The summed E-state index contributed by atoms with van der Waals surface area (Å²) in [4.78, 5) is 13.4. The summed E-state index contributed by atoms with van der Waals surface area (Å²) in [5.74, 6) is 4.35. The first-order valence-corrected chi connectivity index (χ1v) is 3.09. The minimum absolute atomic E-state index is 0. The number of carbonyl (C=O) groups is 1. The number of hydrogen-bond donors (Lipinski definition) is 2. The van der Waals surface area contributed by atoms with Crippen molar-refractivity contribution in [3.8, 4) is 0 Å². The standard InChI is InChI=1S/C5H5N.C2H6N2O.ClH/c1-2-4-6-5-3-1;1-2(5)4-3;/h1-5H;3H2,1H3,(H,4,5);1H. The minimum atomic E-state index is -0.218. The summed E-state index contributed by atoms with van der Waals surface area (Å²) < 4.78 is 0. The van der Waals surface area contributed by atoms with Crippen LogP contribution in [0.4, 0.5) is 0 Å². The fraction of sp³-hybridized carbons (Fsp3) is 0.143. The van der Waals surface area contributed by atoms with Crippen molar-refractivity contribution in [2.24, 2.45) is 5.84 Å². The Morgan fingerprint density at radius 3 is 1.83 bits per heavy atom. The molecule has 12 heavy (non-hydrogen) atoms. The Balaban J connectivity index is 0. The van der Waals surface area contributed by atoms with E-state index in [1.54, 1.807) is 12.4 Å². The molecular formula is C7H12ClN3O. The van der Waals surface area contributed by atoms with Gasteiger partial charge in [-0.2, -0.15) is 0 Å². The molecule has 0 aliphatic heterocycles. The number of nitrogens with zero attached hydrogens (tertiary/aromatic N) is 1. The maximum Gasteiger partial charge on any atom is 0.230 e. The van der Waals surface area contributed by atoms with Crippen molar-refractivity contribution in [1.29, 1.82) is 0 Å². The number of amides is 1. The number of hydrogen-bond acceptors (Lipinski definition) is 3. The van der Waals surface area contributed by atoms with E-state index >= 15 is 0 Å². The highest BCUT2D eigenvalue weighted by molar-refractivity contribution is 5.85. The predicted octanol–water partition coefficient (Wildman–Crippen LogP) is 0.500.